The lowest BCUT2D eigenvalue weighted by Gasteiger charge is -2.26. The fraction of sp³-hybridized carbons (Fsp3) is 0.267. The van der Waals surface area contributed by atoms with Gasteiger partial charge in [0.15, 0.2) is 0 Å². The van der Waals surface area contributed by atoms with Crippen LogP contribution < -0.4 is 0 Å². The highest BCUT2D eigenvalue weighted by molar-refractivity contribution is 5.87. The molecule has 0 spiro atoms. The molecule has 1 aromatic carbocycles. The Morgan fingerprint density at radius 2 is 1.83 bits per heavy atom. The monoisotopic (exact) mass is 240 g/mol. The average Bonchev–Trinajstić information content (AvgIpc) is 2.32. The summed E-state index contributed by atoms with van der Waals surface area (Å²) < 4.78 is 0. The number of rotatable bonds is 1. The van der Waals surface area contributed by atoms with Gasteiger partial charge in [0.25, 0.3) is 0 Å². The molecule has 0 heterocycles. The van der Waals surface area contributed by atoms with E-state index in [1.165, 1.54) is 12.1 Å². The van der Waals surface area contributed by atoms with E-state index in [9.17, 15) is 4.79 Å². The van der Waals surface area contributed by atoms with E-state index < -0.39 is 5.97 Å². The third-order valence-corrected chi connectivity index (χ3v) is 2.79. The number of carboxylic acids is 1. The van der Waals surface area contributed by atoms with Crippen molar-refractivity contribution in [1.29, 1.82) is 0 Å². The molecule has 0 saturated heterocycles. The Bertz CT molecular complexity index is 558. The molecular formula is C15H12O3. The van der Waals surface area contributed by atoms with Crippen LogP contribution in [-0.2, 0) is 0 Å². The number of hydrogen-bond acceptors (Lipinski definition) is 2. The first-order chi connectivity index (χ1) is 8.65. The first-order valence-corrected chi connectivity index (χ1v) is 5.68. The van der Waals surface area contributed by atoms with Crippen LogP contribution in [0, 0.1) is 29.6 Å². The number of benzene rings is 1. The molecular weight excluding hydrogens is 228 g/mol. The molecule has 0 aliphatic heterocycles. The number of carboxylic acid groups (broad SMARTS) is 1. The van der Waals surface area contributed by atoms with Gasteiger partial charge >= 0.3 is 5.97 Å². The highest BCUT2D eigenvalue weighted by Gasteiger charge is 2.24. The Morgan fingerprint density at radius 3 is 2.39 bits per heavy atom. The largest absolute Gasteiger partial charge is 0.478 e. The first kappa shape index (κ1) is 12.2. The van der Waals surface area contributed by atoms with Crippen molar-refractivity contribution >= 4 is 5.97 Å². The van der Waals surface area contributed by atoms with Gasteiger partial charge in [-0.2, -0.15) is 0 Å². The van der Waals surface area contributed by atoms with Crippen LogP contribution in [0.4, 0.5) is 0 Å². The van der Waals surface area contributed by atoms with Crippen molar-refractivity contribution in [1.82, 2.24) is 0 Å². The van der Waals surface area contributed by atoms with Crippen molar-refractivity contribution in [3.8, 4) is 23.7 Å². The molecule has 3 nitrogen and oxygen atoms in total. The second-order valence-electron chi connectivity index (χ2n) is 4.22. The SMILES string of the molecule is O=C(O)c1ccc(C#CC#CC2CC(O)C2)cc1. The van der Waals surface area contributed by atoms with Gasteiger partial charge in [0, 0.05) is 11.5 Å². The summed E-state index contributed by atoms with van der Waals surface area (Å²) in [5.74, 6) is 10.6. The van der Waals surface area contributed by atoms with E-state index in [0.717, 1.165) is 18.4 Å². The van der Waals surface area contributed by atoms with E-state index in [-0.39, 0.29) is 17.6 Å². The fourth-order valence-electron chi connectivity index (χ4n) is 1.64. The Kier molecular flexibility index (Phi) is 3.67. The second-order valence-corrected chi connectivity index (χ2v) is 4.22. The molecule has 18 heavy (non-hydrogen) atoms. The maximum Gasteiger partial charge on any atom is 0.335 e. The highest BCUT2D eigenvalue weighted by Crippen LogP contribution is 2.25. The Morgan fingerprint density at radius 1 is 1.17 bits per heavy atom. The van der Waals surface area contributed by atoms with E-state index in [1.807, 2.05) is 0 Å². The van der Waals surface area contributed by atoms with Gasteiger partial charge in [0.05, 0.1) is 11.7 Å². The summed E-state index contributed by atoms with van der Waals surface area (Å²) in [6, 6.07) is 6.35. The van der Waals surface area contributed by atoms with Crippen molar-refractivity contribution in [2.75, 3.05) is 0 Å². The minimum atomic E-state index is -0.946. The van der Waals surface area contributed by atoms with Crippen LogP contribution in [0.15, 0.2) is 24.3 Å². The zero-order valence-electron chi connectivity index (χ0n) is 9.68. The highest BCUT2D eigenvalue weighted by atomic mass is 16.4. The molecule has 0 unspecified atom stereocenters. The molecule has 3 heteroatoms. The lowest BCUT2D eigenvalue weighted by Crippen LogP contribution is -2.26. The van der Waals surface area contributed by atoms with Crippen LogP contribution >= 0.6 is 0 Å². The number of carbonyl (C=O) groups is 1. The summed E-state index contributed by atoms with van der Waals surface area (Å²) in [7, 11) is 0. The third-order valence-electron chi connectivity index (χ3n) is 2.79. The Balaban J connectivity index is 1.95. The maximum atomic E-state index is 10.6. The van der Waals surface area contributed by atoms with Crippen LogP contribution in [0.3, 0.4) is 0 Å². The third kappa shape index (κ3) is 3.13. The molecule has 2 N–H and O–H groups in total. The molecule has 1 saturated carbocycles. The molecule has 0 radical (unpaired) electrons. The van der Waals surface area contributed by atoms with Gasteiger partial charge in [-0.1, -0.05) is 11.8 Å². The molecule has 0 aromatic heterocycles. The van der Waals surface area contributed by atoms with Gasteiger partial charge in [-0.3, -0.25) is 0 Å². The van der Waals surface area contributed by atoms with Gasteiger partial charge in [-0.05, 0) is 48.9 Å². The van der Waals surface area contributed by atoms with Gasteiger partial charge in [0.2, 0.25) is 0 Å². The minimum absolute atomic E-state index is 0.194. The lowest BCUT2D eigenvalue weighted by atomic mass is 9.83. The van der Waals surface area contributed by atoms with E-state index in [4.69, 9.17) is 10.2 Å². The van der Waals surface area contributed by atoms with E-state index in [1.54, 1.807) is 12.1 Å². The van der Waals surface area contributed by atoms with E-state index in [2.05, 4.69) is 23.7 Å². The number of aromatic carboxylic acids is 1. The lowest BCUT2D eigenvalue weighted by molar-refractivity contribution is 0.0665. The molecule has 90 valence electrons. The summed E-state index contributed by atoms with van der Waals surface area (Å²) in [5, 5.41) is 17.8. The zero-order valence-corrected chi connectivity index (χ0v) is 9.68. The Labute approximate surface area is 105 Å². The molecule has 0 atom stereocenters. The predicted molar refractivity (Wildman–Crippen MR) is 66.8 cm³/mol. The standard InChI is InChI=1S/C15H12O3/c16-14-9-12(10-14)4-2-1-3-11-5-7-13(8-6-11)15(17)18/h5-8,12,14,16H,9-10H2,(H,17,18). The van der Waals surface area contributed by atoms with E-state index >= 15 is 0 Å². The summed E-state index contributed by atoms with van der Waals surface area (Å²) in [5.41, 5.74) is 0.984. The van der Waals surface area contributed by atoms with Gasteiger partial charge in [-0.25, -0.2) is 4.79 Å². The number of aliphatic hydroxyl groups excluding tert-OH is 1. The predicted octanol–water partition coefficient (Wildman–Crippen LogP) is 1.51. The number of aliphatic hydroxyl groups is 1. The molecule has 1 aliphatic carbocycles. The van der Waals surface area contributed by atoms with Gasteiger partial charge in [0.1, 0.15) is 0 Å². The second kappa shape index (κ2) is 5.40. The molecule has 2 rings (SSSR count). The molecule has 1 fully saturated rings. The van der Waals surface area contributed by atoms with Gasteiger partial charge < -0.3 is 10.2 Å². The maximum absolute atomic E-state index is 10.6. The normalized spacial score (nSPS) is 20.7. The summed E-state index contributed by atoms with van der Waals surface area (Å²) in [4.78, 5) is 10.6. The van der Waals surface area contributed by atoms with Crippen LogP contribution in [0.25, 0.3) is 0 Å². The van der Waals surface area contributed by atoms with Crippen molar-refractivity contribution in [2.45, 2.75) is 18.9 Å². The topological polar surface area (TPSA) is 57.5 Å². The quantitative estimate of drug-likeness (QED) is 0.731. The average molecular weight is 240 g/mol. The van der Waals surface area contributed by atoms with Crippen LogP contribution in [-0.4, -0.2) is 22.3 Å². The van der Waals surface area contributed by atoms with Crippen LogP contribution in [0.2, 0.25) is 0 Å². The summed E-state index contributed by atoms with van der Waals surface area (Å²) in [6.45, 7) is 0. The van der Waals surface area contributed by atoms with Gasteiger partial charge in [-0.15, -0.1) is 0 Å². The van der Waals surface area contributed by atoms with Crippen molar-refractivity contribution < 1.29 is 15.0 Å². The molecule has 0 amide bonds. The van der Waals surface area contributed by atoms with Crippen molar-refractivity contribution in [3.63, 3.8) is 0 Å². The number of hydrogen-bond donors (Lipinski definition) is 2. The summed E-state index contributed by atoms with van der Waals surface area (Å²) in [6.07, 6.45) is 1.28. The van der Waals surface area contributed by atoms with Crippen LogP contribution in [0.1, 0.15) is 28.8 Å². The fourth-order valence-corrected chi connectivity index (χ4v) is 1.64. The summed E-state index contributed by atoms with van der Waals surface area (Å²) >= 11 is 0. The molecule has 1 aliphatic rings. The van der Waals surface area contributed by atoms with E-state index in [0.29, 0.717) is 0 Å². The smallest absolute Gasteiger partial charge is 0.335 e. The first-order valence-electron chi connectivity index (χ1n) is 5.68. The zero-order chi connectivity index (χ0) is 13.0. The van der Waals surface area contributed by atoms with Crippen LogP contribution in [0.5, 0.6) is 0 Å². The molecule has 1 aromatic rings. The minimum Gasteiger partial charge on any atom is -0.478 e. The molecule has 0 bridgehead atoms. The van der Waals surface area contributed by atoms with Crippen molar-refractivity contribution in [2.24, 2.45) is 5.92 Å². The van der Waals surface area contributed by atoms with Crippen molar-refractivity contribution in [3.05, 3.63) is 35.4 Å². The Hall–Kier alpha value is -2.23.